The predicted octanol–water partition coefficient (Wildman–Crippen LogP) is 0.308. The molecule has 4 heteroatoms. The first-order valence-electron chi connectivity index (χ1n) is 3.83. The molecule has 0 bridgehead atoms. The first kappa shape index (κ1) is 8.49. The fourth-order valence-electron chi connectivity index (χ4n) is 1.20. The molecule has 0 aromatic carbocycles. The molecule has 1 saturated heterocycles. The molecule has 11 heavy (non-hydrogen) atoms. The number of carbonyl (C=O) groups excluding carboxylic acids is 1. The van der Waals surface area contributed by atoms with Crippen LogP contribution in [0.25, 0.3) is 0 Å². The van der Waals surface area contributed by atoms with Gasteiger partial charge in [0.1, 0.15) is 0 Å². The number of carbonyl (C=O) groups is 1. The minimum absolute atomic E-state index is 0.308. The third kappa shape index (κ3) is 2.86. The number of hydrogen-bond donors (Lipinski definition) is 2. The summed E-state index contributed by atoms with van der Waals surface area (Å²) in [5.41, 5.74) is 1.61. The quantitative estimate of drug-likeness (QED) is 0.460. The number of ether oxygens (including phenoxy) is 1. The Hall–Kier alpha value is -0.610. The highest BCUT2D eigenvalue weighted by Crippen LogP contribution is 2.17. The summed E-state index contributed by atoms with van der Waals surface area (Å²) in [6.45, 7) is 1.57. The lowest BCUT2D eigenvalue weighted by atomic mass is 10.0. The highest BCUT2D eigenvalue weighted by molar-refractivity contribution is 5.74. The van der Waals surface area contributed by atoms with Crippen molar-refractivity contribution in [2.45, 2.75) is 19.3 Å². The van der Waals surface area contributed by atoms with Gasteiger partial charge in [-0.3, -0.25) is 10.0 Å². The van der Waals surface area contributed by atoms with Gasteiger partial charge < -0.3 is 4.74 Å². The van der Waals surface area contributed by atoms with Crippen LogP contribution in [0.3, 0.4) is 0 Å². The summed E-state index contributed by atoms with van der Waals surface area (Å²) >= 11 is 0. The fourth-order valence-corrected chi connectivity index (χ4v) is 1.20. The van der Waals surface area contributed by atoms with Crippen LogP contribution in [0.5, 0.6) is 0 Å². The first-order valence-corrected chi connectivity index (χ1v) is 3.83. The van der Waals surface area contributed by atoms with E-state index in [-0.39, 0.29) is 5.91 Å². The van der Waals surface area contributed by atoms with E-state index in [1.54, 1.807) is 5.48 Å². The van der Waals surface area contributed by atoms with E-state index in [0.29, 0.717) is 12.3 Å². The molecule has 0 aromatic heterocycles. The van der Waals surface area contributed by atoms with Gasteiger partial charge in [0.15, 0.2) is 0 Å². The molecular formula is C7H13NO3. The summed E-state index contributed by atoms with van der Waals surface area (Å²) in [4.78, 5) is 10.6. The van der Waals surface area contributed by atoms with Gasteiger partial charge in [0.25, 0.3) is 0 Å². The Morgan fingerprint density at radius 3 is 3.09 bits per heavy atom. The zero-order valence-electron chi connectivity index (χ0n) is 6.38. The van der Waals surface area contributed by atoms with Crippen LogP contribution in [0.4, 0.5) is 0 Å². The largest absolute Gasteiger partial charge is 0.381 e. The van der Waals surface area contributed by atoms with Gasteiger partial charge in [0.2, 0.25) is 5.91 Å². The second-order valence-electron chi connectivity index (χ2n) is 2.80. The number of amides is 1. The molecule has 0 saturated carbocycles. The molecule has 0 spiro atoms. The summed E-state index contributed by atoms with van der Waals surface area (Å²) in [6, 6.07) is 0. The highest BCUT2D eigenvalue weighted by atomic mass is 16.5. The smallest absolute Gasteiger partial charge is 0.243 e. The second-order valence-corrected chi connectivity index (χ2v) is 2.80. The minimum atomic E-state index is -0.308. The summed E-state index contributed by atoms with van der Waals surface area (Å²) in [6.07, 6.45) is 2.25. The second kappa shape index (κ2) is 4.31. The van der Waals surface area contributed by atoms with Gasteiger partial charge in [0.05, 0.1) is 0 Å². The lowest BCUT2D eigenvalue weighted by Gasteiger charge is -2.04. The zero-order chi connectivity index (χ0) is 8.10. The van der Waals surface area contributed by atoms with Crippen molar-refractivity contribution in [1.29, 1.82) is 0 Å². The Bertz CT molecular complexity index is 132. The van der Waals surface area contributed by atoms with Gasteiger partial charge in [-0.1, -0.05) is 0 Å². The molecule has 0 aliphatic carbocycles. The summed E-state index contributed by atoms with van der Waals surface area (Å²) in [5, 5.41) is 8.18. The molecule has 1 aliphatic rings. The topological polar surface area (TPSA) is 58.6 Å². The van der Waals surface area contributed by atoms with E-state index in [1.165, 1.54) is 0 Å². The van der Waals surface area contributed by atoms with E-state index in [4.69, 9.17) is 9.94 Å². The number of hydroxylamine groups is 1. The molecular weight excluding hydrogens is 146 g/mol. The summed E-state index contributed by atoms with van der Waals surface area (Å²) in [7, 11) is 0. The Morgan fingerprint density at radius 1 is 1.73 bits per heavy atom. The van der Waals surface area contributed by atoms with Crippen LogP contribution in [0.1, 0.15) is 19.3 Å². The average Bonchev–Trinajstić information content (AvgIpc) is 2.52. The molecule has 0 radical (unpaired) electrons. The fraction of sp³-hybridized carbons (Fsp3) is 0.857. The van der Waals surface area contributed by atoms with Crippen molar-refractivity contribution >= 4 is 5.91 Å². The molecule has 1 aliphatic heterocycles. The Balaban J connectivity index is 2.06. The van der Waals surface area contributed by atoms with Crippen molar-refractivity contribution in [3.05, 3.63) is 0 Å². The van der Waals surface area contributed by atoms with E-state index >= 15 is 0 Å². The van der Waals surface area contributed by atoms with Crippen molar-refractivity contribution < 1.29 is 14.7 Å². The first-order chi connectivity index (χ1) is 5.33. The van der Waals surface area contributed by atoms with Crippen LogP contribution in [0.15, 0.2) is 0 Å². The predicted molar refractivity (Wildman–Crippen MR) is 38.1 cm³/mol. The minimum Gasteiger partial charge on any atom is -0.381 e. The van der Waals surface area contributed by atoms with E-state index in [0.717, 1.165) is 26.1 Å². The molecule has 2 N–H and O–H groups in total. The van der Waals surface area contributed by atoms with Gasteiger partial charge in [-0.2, -0.15) is 0 Å². The number of rotatable bonds is 3. The number of nitrogens with one attached hydrogen (secondary N) is 1. The molecule has 1 rings (SSSR count). The van der Waals surface area contributed by atoms with Crippen LogP contribution in [-0.4, -0.2) is 24.3 Å². The van der Waals surface area contributed by atoms with Gasteiger partial charge in [-0.25, -0.2) is 5.48 Å². The van der Waals surface area contributed by atoms with Gasteiger partial charge in [-0.15, -0.1) is 0 Å². The Kier molecular flexibility index (Phi) is 3.32. The van der Waals surface area contributed by atoms with Crippen LogP contribution in [0, 0.1) is 5.92 Å². The molecule has 1 unspecified atom stereocenters. The molecule has 0 aromatic rings. The van der Waals surface area contributed by atoms with Crippen LogP contribution in [0.2, 0.25) is 0 Å². The van der Waals surface area contributed by atoms with Crippen molar-refractivity contribution in [3.8, 4) is 0 Å². The molecule has 64 valence electrons. The van der Waals surface area contributed by atoms with E-state index in [2.05, 4.69) is 0 Å². The zero-order valence-corrected chi connectivity index (χ0v) is 6.38. The normalized spacial score (nSPS) is 23.5. The van der Waals surface area contributed by atoms with Crippen LogP contribution in [-0.2, 0) is 9.53 Å². The van der Waals surface area contributed by atoms with Crippen molar-refractivity contribution in [1.82, 2.24) is 5.48 Å². The van der Waals surface area contributed by atoms with Crippen molar-refractivity contribution in [2.24, 2.45) is 5.92 Å². The highest BCUT2D eigenvalue weighted by Gasteiger charge is 2.16. The summed E-state index contributed by atoms with van der Waals surface area (Å²) in [5.74, 6) is 0.198. The van der Waals surface area contributed by atoms with Gasteiger partial charge >= 0.3 is 0 Å². The third-order valence-electron chi connectivity index (χ3n) is 1.93. The standard InChI is InChI=1S/C7H13NO3/c9-7(8-10)2-1-6-3-4-11-5-6/h6,10H,1-5H2,(H,8,9). The van der Waals surface area contributed by atoms with E-state index < -0.39 is 0 Å². The van der Waals surface area contributed by atoms with Gasteiger partial charge in [-0.05, 0) is 18.8 Å². The lowest BCUT2D eigenvalue weighted by molar-refractivity contribution is -0.129. The molecule has 1 fully saturated rings. The molecule has 1 atom stereocenters. The maximum absolute atomic E-state index is 10.6. The molecule has 1 heterocycles. The molecule has 4 nitrogen and oxygen atoms in total. The van der Waals surface area contributed by atoms with Crippen molar-refractivity contribution in [2.75, 3.05) is 13.2 Å². The monoisotopic (exact) mass is 159 g/mol. The lowest BCUT2D eigenvalue weighted by Crippen LogP contribution is -2.19. The van der Waals surface area contributed by atoms with Crippen molar-refractivity contribution in [3.63, 3.8) is 0 Å². The maximum Gasteiger partial charge on any atom is 0.243 e. The average molecular weight is 159 g/mol. The van der Waals surface area contributed by atoms with Crippen LogP contribution >= 0.6 is 0 Å². The van der Waals surface area contributed by atoms with E-state index in [1.807, 2.05) is 0 Å². The van der Waals surface area contributed by atoms with E-state index in [9.17, 15) is 4.79 Å². The SMILES string of the molecule is O=C(CCC1CCOC1)NO. The third-order valence-corrected chi connectivity index (χ3v) is 1.93. The molecule has 1 amide bonds. The maximum atomic E-state index is 10.6. The van der Waals surface area contributed by atoms with Gasteiger partial charge in [0, 0.05) is 19.6 Å². The Labute approximate surface area is 65.5 Å². The Morgan fingerprint density at radius 2 is 2.55 bits per heavy atom. The van der Waals surface area contributed by atoms with Crippen LogP contribution < -0.4 is 5.48 Å². The number of hydrogen-bond acceptors (Lipinski definition) is 3. The summed E-state index contributed by atoms with van der Waals surface area (Å²) < 4.78 is 5.13.